The Morgan fingerprint density at radius 2 is 1.88 bits per heavy atom. The average Bonchev–Trinajstić information content (AvgIpc) is 2.15. The summed E-state index contributed by atoms with van der Waals surface area (Å²) >= 11 is 5.63. The molecule has 1 heterocycles. The van der Waals surface area contributed by atoms with Crippen LogP contribution in [0.2, 0.25) is 5.02 Å². The summed E-state index contributed by atoms with van der Waals surface area (Å²) in [4.78, 5) is 22.3. The molecule has 2 amide bonds. The maximum absolute atomic E-state index is 13.6. The topological polar surface area (TPSA) is 46.2 Å². The number of amides is 2. The van der Waals surface area contributed by atoms with Gasteiger partial charge in [0.05, 0.1) is 0 Å². The van der Waals surface area contributed by atoms with Gasteiger partial charge in [-0.1, -0.05) is 17.7 Å². The Morgan fingerprint density at radius 3 is 2.44 bits per heavy atom. The molecule has 0 atom stereocenters. The van der Waals surface area contributed by atoms with E-state index in [1.54, 1.807) is 6.07 Å². The molecule has 0 spiro atoms. The molecule has 16 heavy (non-hydrogen) atoms. The van der Waals surface area contributed by atoms with Crippen molar-refractivity contribution in [2.45, 2.75) is 18.8 Å². The van der Waals surface area contributed by atoms with Crippen molar-refractivity contribution in [3.63, 3.8) is 0 Å². The Balaban J connectivity index is 2.29. The lowest BCUT2D eigenvalue weighted by atomic mass is 9.89. The first kappa shape index (κ1) is 11.1. The molecular weight excluding hydrogens is 233 g/mol. The van der Waals surface area contributed by atoms with Crippen LogP contribution in [0.4, 0.5) is 4.39 Å². The van der Waals surface area contributed by atoms with Crippen LogP contribution in [0.3, 0.4) is 0 Å². The van der Waals surface area contributed by atoms with Gasteiger partial charge in [-0.2, -0.15) is 0 Å². The predicted molar refractivity (Wildman–Crippen MR) is 56.5 cm³/mol. The molecule has 1 aliphatic rings. The van der Waals surface area contributed by atoms with E-state index in [9.17, 15) is 14.0 Å². The highest BCUT2D eigenvalue weighted by atomic mass is 35.5. The van der Waals surface area contributed by atoms with Crippen LogP contribution in [0.5, 0.6) is 0 Å². The van der Waals surface area contributed by atoms with Crippen molar-refractivity contribution in [2.75, 3.05) is 0 Å². The first-order valence-electron chi connectivity index (χ1n) is 4.84. The highest BCUT2D eigenvalue weighted by Gasteiger charge is 2.27. The fourth-order valence-corrected chi connectivity index (χ4v) is 1.99. The Morgan fingerprint density at radius 1 is 1.25 bits per heavy atom. The highest BCUT2D eigenvalue weighted by molar-refractivity contribution is 6.30. The summed E-state index contributed by atoms with van der Waals surface area (Å²) in [5, 5.41) is 2.48. The number of benzene rings is 1. The maximum Gasteiger partial charge on any atom is 0.227 e. The standard InChI is InChI=1S/C11H9ClFNO2/c12-7-1-2-8(9(13)5-7)6-3-10(15)14-11(16)4-6/h1-2,5-6H,3-4H2,(H,14,15,16). The number of hydrogen-bond donors (Lipinski definition) is 1. The van der Waals surface area contributed by atoms with Crippen LogP contribution < -0.4 is 5.32 Å². The van der Waals surface area contributed by atoms with E-state index >= 15 is 0 Å². The molecule has 0 aliphatic carbocycles. The summed E-state index contributed by atoms with van der Waals surface area (Å²) in [5.74, 6) is -1.59. The summed E-state index contributed by atoms with van der Waals surface area (Å²) < 4.78 is 13.6. The number of rotatable bonds is 1. The molecule has 3 nitrogen and oxygen atoms in total. The van der Waals surface area contributed by atoms with Crippen LogP contribution in [0, 0.1) is 5.82 Å². The van der Waals surface area contributed by atoms with Crippen molar-refractivity contribution in [3.8, 4) is 0 Å². The van der Waals surface area contributed by atoms with Gasteiger partial charge in [-0.15, -0.1) is 0 Å². The minimum absolute atomic E-state index is 0.129. The quantitative estimate of drug-likeness (QED) is 0.765. The molecule has 0 bridgehead atoms. The van der Waals surface area contributed by atoms with Gasteiger partial charge in [-0.3, -0.25) is 14.9 Å². The minimum atomic E-state index is -0.472. The van der Waals surface area contributed by atoms with Gasteiger partial charge >= 0.3 is 0 Å². The molecule has 1 aromatic carbocycles. The number of halogens is 2. The molecule has 0 radical (unpaired) electrons. The SMILES string of the molecule is O=C1CC(c2ccc(Cl)cc2F)CC(=O)N1. The van der Waals surface area contributed by atoms with E-state index in [0.29, 0.717) is 10.6 Å². The third kappa shape index (κ3) is 2.22. The van der Waals surface area contributed by atoms with Crippen LogP contribution >= 0.6 is 11.6 Å². The largest absolute Gasteiger partial charge is 0.296 e. The van der Waals surface area contributed by atoms with Crippen LogP contribution in [0.15, 0.2) is 18.2 Å². The number of hydrogen-bond acceptors (Lipinski definition) is 2. The molecule has 2 rings (SSSR count). The van der Waals surface area contributed by atoms with Gasteiger partial charge in [0.25, 0.3) is 0 Å². The lowest BCUT2D eigenvalue weighted by Gasteiger charge is -2.21. The zero-order valence-corrected chi connectivity index (χ0v) is 9.05. The van der Waals surface area contributed by atoms with E-state index in [4.69, 9.17) is 11.6 Å². The first-order chi connectivity index (χ1) is 7.56. The molecule has 1 aromatic rings. The second kappa shape index (κ2) is 4.22. The van der Waals surface area contributed by atoms with Gasteiger partial charge in [-0.05, 0) is 17.7 Å². The maximum atomic E-state index is 13.6. The fourth-order valence-electron chi connectivity index (χ4n) is 1.83. The van der Waals surface area contributed by atoms with Gasteiger partial charge in [0, 0.05) is 23.8 Å². The van der Waals surface area contributed by atoms with Crippen molar-refractivity contribution in [3.05, 3.63) is 34.6 Å². The monoisotopic (exact) mass is 241 g/mol. The molecule has 0 aromatic heterocycles. The molecule has 84 valence electrons. The van der Waals surface area contributed by atoms with Gasteiger partial charge in [0.2, 0.25) is 11.8 Å². The molecular formula is C11H9ClFNO2. The van der Waals surface area contributed by atoms with Gasteiger partial charge in [0.1, 0.15) is 5.82 Å². The van der Waals surface area contributed by atoms with Crippen molar-refractivity contribution >= 4 is 23.4 Å². The van der Waals surface area contributed by atoms with Crippen LogP contribution in [0.25, 0.3) is 0 Å². The second-order valence-corrected chi connectivity index (χ2v) is 4.18. The van der Waals surface area contributed by atoms with Crippen LogP contribution in [-0.4, -0.2) is 11.8 Å². The van der Waals surface area contributed by atoms with Gasteiger partial charge in [0.15, 0.2) is 0 Å². The number of carbonyl (C=O) groups excluding carboxylic acids is 2. The third-order valence-electron chi connectivity index (χ3n) is 2.54. The normalized spacial score (nSPS) is 17.4. The smallest absolute Gasteiger partial charge is 0.227 e. The van der Waals surface area contributed by atoms with Crippen LogP contribution in [0.1, 0.15) is 24.3 Å². The molecule has 5 heteroatoms. The molecule has 1 saturated heterocycles. The van der Waals surface area contributed by atoms with Crippen LogP contribution in [-0.2, 0) is 9.59 Å². The lowest BCUT2D eigenvalue weighted by Crippen LogP contribution is -2.37. The number of imide groups is 1. The summed E-state index contributed by atoms with van der Waals surface area (Å²) in [6, 6.07) is 4.26. The average molecular weight is 242 g/mol. The molecule has 1 N–H and O–H groups in total. The first-order valence-corrected chi connectivity index (χ1v) is 5.21. The predicted octanol–water partition coefficient (Wildman–Crippen LogP) is 2.00. The summed E-state index contributed by atoms with van der Waals surface area (Å²) in [6.07, 6.45) is 0.259. The number of piperidine rings is 1. The number of carbonyl (C=O) groups is 2. The highest BCUT2D eigenvalue weighted by Crippen LogP contribution is 2.29. The second-order valence-electron chi connectivity index (χ2n) is 3.74. The molecule has 0 saturated carbocycles. The van der Waals surface area contributed by atoms with E-state index in [-0.39, 0.29) is 24.7 Å². The summed E-state index contributed by atoms with van der Waals surface area (Å²) in [6.45, 7) is 0. The summed E-state index contributed by atoms with van der Waals surface area (Å²) in [7, 11) is 0. The Labute approximate surface area is 96.6 Å². The van der Waals surface area contributed by atoms with Crippen molar-refractivity contribution in [1.29, 1.82) is 0 Å². The Bertz CT molecular complexity index is 445. The Kier molecular flexibility index (Phi) is 2.92. The molecule has 1 fully saturated rings. The minimum Gasteiger partial charge on any atom is -0.296 e. The Hall–Kier alpha value is -1.42. The number of nitrogens with one attached hydrogen (secondary N) is 1. The van der Waals surface area contributed by atoms with E-state index in [2.05, 4.69) is 5.32 Å². The molecule has 0 unspecified atom stereocenters. The zero-order valence-electron chi connectivity index (χ0n) is 8.30. The molecule has 1 aliphatic heterocycles. The van der Waals surface area contributed by atoms with Gasteiger partial charge < -0.3 is 0 Å². The third-order valence-corrected chi connectivity index (χ3v) is 2.78. The van der Waals surface area contributed by atoms with E-state index < -0.39 is 11.7 Å². The van der Waals surface area contributed by atoms with Gasteiger partial charge in [-0.25, -0.2) is 4.39 Å². The summed E-state index contributed by atoms with van der Waals surface area (Å²) in [5.41, 5.74) is 0.368. The van der Waals surface area contributed by atoms with Crippen molar-refractivity contribution in [2.24, 2.45) is 0 Å². The zero-order chi connectivity index (χ0) is 11.7. The lowest BCUT2D eigenvalue weighted by molar-refractivity contribution is -0.133. The van der Waals surface area contributed by atoms with Crippen molar-refractivity contribution in [1.82, 2.24) is 5.32 Å². The van der Waals surface area contributed by atoms with Crippen molar-refractivity contribution < 1.29 is 14.0 Å². The van der Waals surface area contributed by atoms with E-state index in [1.807, 2.05) is 0 Å². The fraction of sp³-hybridized carbons (Fsp3) is 0.273. The van der Waals surface area contributed by atoms with E-state index in [1.165, 1.54) is 12.1 Å². The van der Waals surface area contributed by atoms with E-state index in [0.717, 1.165) is 0 Å².